The molecule has 0 radical (unpaired) electrons. The fourth-order valence-corrected chi connectivity index (χ4v) is 4.45. The van der Waals surface area contributed by atoms with Gasteiger partial charge in [-0.2, -0.15) is 0 Å². The van der Waals surface area contributed by atoms with Gasteiger partial charge in [0.1, 0.15) is 54.2 Å². The van der Waals surface area contributed by atoms with Crippen molar-refractivity contribution < 1.29 is 54.0 Å². The molecule has 2 saturated heterocycles. The van der Waals surface area contributed by atoms with Crippen LogP contribution in [0.5, 0.6) is 11.5 Å². The highest BCUT2D eigenvalue weighted by molar-refractivity contribution is 5.76. The smallest absolute Gasteiger partial charge is 0.223 e. The fraction of sp³-hybridized carbons (Fsp3) is 0.720. The van der Waals surface area contributed by atoms with E-state index in [4.69, 9.17) is 29.4 Å². The number of nitrogens with one attached hydrogen (secondary N) is 1. The lowest BCUT2D eigenvalue weighted by Crippen LogP contribution is -2.69. The van der Waals surface area contributed by atoms with Crippen molar-refractivity contribution in [2.75, 3.05) is 20.3 Å². The molecule has 0 bridgehead atoms. The van der Waals surface area contributed by atoms with Crippen LogP contribution in [0, 0.1) is 0 Å². The minimum atomic E-state index is -1.49. The first-order chi connectivity index (χ1) is 18.2. The molecule has 2 heterocycles. The van der Waals surface area contributed by atoms with Crippen molar-refractivity contribution in [3.8, 4) is 11.5 Å². The minimum absolute atomic E-state index is 0.222. The number of hydrogen-bond acceptors (Lipinski definition) is 12. The Hall–Kier alpha value is -2.07. The lowest BCUT2D eigenvalue weighted by atomic mass is 9.95. The number of ether oxygens (including phenoxy) is 5. The van der Waals surface area contributed by atoms with Crippen LogP contribution >= 0.6 is 0 Å². The van der Waals surface area contributed by atoms with Crippen molar-refractivity contribution in [2.45, 2.75) is 93.9 Å². The highest BCUT2D eigenvalue weighted by Crippen LogP contribution is 2.30. The maximum absolute atomic E-state index is 12.7. The van der Waals surface area contributed by atoms with E-state index in [-0.39, 0.29) is 12.3 Å². The fourth-order valence-electron chi connectivity index (χ4n) is 4.45. The topological polar surface area (TPSA) is 202 Å². The van der Waals surface area contributed by atoms with Gasteiger partial charge in [0.25, 0.3) is 0 Å². The van der Waals surface area contributed by atoms with Crippen LogP contribution in [0.3, 0.4) is 0 Å². The Morgan fingerprint density at radius 1 is 0.947 bits per heavy atom. The highest BCUT2D eigenvalue weighted by Gasteiger charge is 2.51. The molecule has 13 heteroatoms. The van der Waals surface area contributed by atoms with Gasteiger partial charge in [-0.3, -0.25) is 4.79 Å². The molecule has 1 aromatic carbocycles. The van der Waals surface area contributed by atoms with E-state index >= 15 is 0 Å². The summed E-state index contributed by atoms with van der Waals surface area (Å²) in [6, 6.07) is 4.23. The van der Waals surface area contributed by atoms with Crippen molar-refractivity contribution in [1.82, 2.24) is 5.32 Å². The third-order valence-corrected chi connectivity index (χ3v) is 6.72. The molecule has 0 aromatic heterocycles. The number of carbonyl (C=O) groups is 1. The van der Waals surface area contributed by atoms with Gasteiger partial charge in [0.15, 0.2) is 6.29 Å². The summed E-state index contributed by atoms with van der Waals surface area (Å²) in [5.41, 5.74) is 5.98. The first-order valence-corrected chi connectivity index (χ1v) is 12.8. The molecule has 1 aromatic rings. The molecule has 13 nitrogen and oxygen atoms in total. The SMILES string of the molecule is CCCCCC(=O)N[C@H]1[C@H](Oc2ccc(OC)cc2)O[C@H](CO)[C@@H](O[C@@H]2O[C@H](CO)[C@@H](O)[C@H](O)[C@H]2N)[C@@H]1O. The van der Waals surface area contributed by atoms with Gasteiger partial charge >= 0.3 is 0 Å². The maximum atomic E-state index is 12.7. The number of amides is 1. The third kappa shape index (κ3) is 7.31. The van der Waals surface area contributed by atoms with Crippen LogP contribution in [0.15, 0.2) is 24.3 Å². The molecule has 1 amide bonds. The van der Waals surface area contributed by atoms with Crippen LogP contribution in [0.25, 0.3) is 0 Å². The molecule has 3 rings (SSSR count). The average Bonchev–Trinajstić information content (AvgIpc) is 2.92. The molecule has 38 heavy (non-hydrogen) atoms. The number of unbranched alkanes of at least 4 members (excludes halogenated alkanes) is 2. The lowest BCUT2D eigenvalue weighted by Gasteiger charge is -2.47. The molecule has 2 aliphatic rings. The van der Waals surface area contributed by atoms with E-state index in [2.05, 4.69) is 5.32 Å². The number of aliphatic hydroxyl groups is 5. The molecule has 10 atom stereocenters. The molecule has 8 N–H and O–H groups in total. The van der Waals surface area contributed by atoms with E-state index in [0.717, 1.165) is 12.8 Å². The number of nitrogens with two attached hydrogens (primary N) is 1. The lowest BCUT2D eigenvalue weighted by molar-refractivity contribution is -0.322. The van der Waals surface area contributed by atoms with Crippen molar-refractivity contribution in [2.24, 2.45) is 5.73 Å². The van der Waals surface area contributed by atoms with Gasteiger partial charge in [0, 0.05) is 6.42 Å². The first kappa shape index (κ1) is 30.5. The van der Waals surface area contributed by atoms with Crippen molar-refractivity contribution in [3.63, 3.8) is 0 Å². The zero-order valence-corrected chi connectivity index (χ0v) is 21.6. The predicted molar refractivity (Wildman–Crippen MR) is 132 cm³/mol. The summed E-state index contributed by atoms with van der Waals surface area (Å²) >= 11 is 0. The zero-order chi connectivity index (χ0) is 27.8. The Morgan fingerprint density at radius 2 is 1.58 bits per heavy atom. The van der Waals surface area contributed by atoms with E-state index < -0.39 is 74.5 Å². The summed E-state index contributed by atoms with van der Waals surface area (Å²) in [4.78, 5) is 12.7. The van der Waals surface area contributed by atoms with Gasteiger partial charge in [-0.1, -0.05) is 19.8 Å². The number of rotatable bonds is 12. The number of aliphatic hydroxyl groups excluding tert-OH is 5. The van der Waals surface area contributed by atoms with Gasteiger partial charge in [-0.05, 0) is 30.7 Å². The molecular weight excluding hydrogens is 504 g/mol. The van der Waals surface area contributed by atoms with Crippen LogP contribution in [0.1, 0.15) is 32.6 Å². The van der Waals surface area contributed by atoms with Crippen LogP contribution in [-0.4, -0.2) is 113 Å². The Bertz CT molecular complexity index is 858. The number of hydrogen-bond donors (Lipinski definition) is 7. The Labute approximate surface area is 221 Å². The van der Waals surface area contributed by atoms with Crippen LogP contribution < -0.4 is 20.5 Å². The standard InChI is InChI=1S/C25H40N2O11/c1-3-4-5-6-17(30)27-19-22(33)23(38-24-18(26)21(32)20(31)15(11-28)36-24)16(12-29)37-25(19)35-14-9-7-13(34-2)8-10-14/h7-10,15-16,18-25,28-29,31-33H,3-6,11-12,26H2,1-2H3,(H,27,30)/t15-,16-,18-,19-,20-,21-,22-,23-,24+,25-/m1/s1. The Balaban J connectivity index is 1.81. The highest BCUT2D eigenvalue weighted by atomic mass is 16.7. The zero-order valence-electron chi connectivity index (χ0n) is 21.6. The van der Waals surface area contributed by atoms with Gasteiger partial charge < -0.3 is 60.3 Å². The second-order valence-electron chi connectivity index (χ2n) is 9.44. The van der Waals surface area contributed by atoms with Gasteiger partial charge in [0.05, 0.1) is 26.4 Å². The largest absolute Gasteiger partial charge is 0.497 e. The van der Waals surface area contributed by atoms with Crippen LogP contribution in [-0.2, 0) is 19.0 Å². The molecular formula is C25H40N2O11. The van der Waals surface area contributed by atoms with E-state index in [0.29, 0.717) is 17.9 Å². The summed E-state index contributed by atoms with van der Waals surface area (Å²) in [6.45, 7) is 0.797. The molecule has 216 valence electrons. The number of carbonyl (C=O) groups excluding carboxylic acids is 1. The van der Waals surface area contributed by atoms with E-state index in [1.165, 1.54) is 7.11 Å². The van der Waals surface area contributed by atoms with Crippen LogP contribution in [0.4, 0.5) is 0 Å². The van der Waals surface area contributed by atoms with Crippen LogP contribution in [0.2, 0.25) is 0 Å². The third-order valence-electron chi connectivity index (χ3n) is 6.72. The summed E-state index contributed by atoms with van der Waals surface area (Å²) in [5.74, 6) is 0.631. The van der Waals surface area contributed by atoms with Gasteiger partial charge in [-0.25, -0.2) is 0 Å². The van der Waals surface area contributed by atoms with Crippen molar-refractivity contribution >= 4 is 5.91 Å². The van der Waals surface area contributed by atoms with Gasteiger partial charge in [-0.15, -0.1) is 0 Å². The summed E-state index contributed by atoms with van der Waals surface area (Å²) < 4.78 is 28.4. The van der Waals surface area contributed by atoms with E-state index in [9.17, 15) is 30.3 Å². The second-order valence-corrected chi connectivity index (χ2v) is 9.44. The summed E-state index contributed by atoms with van der Waals surface area (Å²) in [5, 5.41) is 54.0. The molecule has 0 saturated carbocycles. The molecule has 0 aliphatic carbocycles. The van der Waals surface area contributed by atoms with Crippen molar-refractivity contribution in [1.29, 1.82) is 0 Å². The number of benzene rings is 1. The average molecular weight is 545 g/mol. The van der Waals surface area contributed by atoms with E-state index in [1.807, 2.05) is 6.92 Å². The normalized spacial score (nSPS) is 35.5. The number of methoxy groups -OCH3 is 1. The Kier molecular flexibility index (Phi) is 11.5. The maximum Gasteiger partial charge on any atom is 0.223 e. The summed E-state index contributed by atoms with van der Waals surface area (Å²) in [6.07, 6.45) is -7.93. The summed E-state index contributed by atoms with van der Waals surface area (Å²) in [7, 11) is 1.52. The molecule has 2 aliphatic heterocycles. The second kappa shape index (κ2) is 14.4. The minimum Gasteiger partial charge on any atom is -0.497 e. The quantitative estimate of drug-likeness (QED) is 0.148. The molecule has 0 unspecified atom stereocenters. The molecule has 2 fully saturated rings. The first-order valence-electron chi connectivity index (χ1n) is 12.8. The monoisotopic (exact) mass is 544 g/mol. The molecule has 0 spiro atoms. The Morgan fingerprint density at radius 3 is 2.18 bits per heavy atom. The van der Waals surface area contributed by atoms with Crippen molar-refractivity contribution in [3.05, 3.63) is 24.3 Å². The van der Waals surface area contributed by atoms with E-state index in [1.54, 1.807) is 24.3 Å². The van der Waals surface area contributed by atoms with Gasteiger partial charge in [0.2, 0.25) is 12.2 Å². The predicted octanol–water partition coefficient (Wildman–Crippen LogP) is -1.63.